The minimum Gasteiger partial charge on any atom is -0.494 e. The summed E-state index contributed by atoms with van der Waals surface area (Å²) in [6, 6.07) is 6.94. The van der Waals surface area contributed by atoms with E-state index in [-0.39, 0.29) is 22.7 Å². The number of hydrogen-bond acceptors (Lipinski definition) is 8. The van der Waals surface area contributed by atoms with Crippen LogP contribution in [-0.4, -0.2) is 79.2 Å². The minimum absolute atomic E-state index is 0.0191. The maximum Gasteiger partial charge on any atom is 0.272 e. The van der Waals surface area contributed by atoms with Crippen molar-refractivity contribution in [3.8, 4) is 17.1 Å². The molecule has 1 saturated heterocycles. The Balaban J connectivity index is 1.55. The van der Waals surface area contributed by atoms with Crippen LogP contribution in [0.3, 0.4) is 0 Å². The molecule has 1 aliphatic carbocycles. The molecular weight excluding hydrogens is 457 g/mol. The highest BCUT2D eigenvalue weighted by atomic mass is 16.5. The topological polar surface area (TPSA) is 127 Å². The van der Waals surface area contributed by atoms with Gasteiger partial charge in [-0.05, 0) is 31.4 Å². The summed E-state index contributed by atoms with van der Waals surface area (Å²) in [6.07, 6.45) is 4.09. The number of ether oxygens (including phenoxy) is 1. The molecule has 0 unspecified atom stereocenters. The Morgan fingerprint density at radius 1 is 1.17 bits per heavy atom. The van der Waals surface area contributed by atoms with E-state index in [1.165, 1.54) is 7.11 Å². The van der Waals surface area contributed by atoms with E-state index in [2.05, 4.69) is 30.9 Å². The van der Waals surface area contributed by atoms with Gasteiger partial charge in [0.05, 0.1) is 53.0 Å². The number of para-hydroxylation sites is 1. The number of benzene rings is 1. The molecule has 5 rings (SSSR count). The maximum absolute atomic E-state index is 12.9. The highest BCUT2D eigenvalue weighted by Gasteiger charge is 2.56. The molecule has 6 radical (unpaired) electrons. The summed E-state index contributed by atoms with van der Waals surface area (Å²) in [5, 5.41) is 16.1. The zero-order valence-electron chi connectivity index (χ0n) is 19.9. The van der Waals surface area contributed by atoms with E-state index in [1.807, 2.05) is 6.07 Å². The van der Waals surface area contributed by atoms with Crippen LogP contribution >= 0.6 is 0 Å². The van der Waals surface area contributed by atoms with E-state index < -0.39 is 11.1 Å². The summed E-state index contributed by atoms with van der Waals surface area (Å²) in [7, 11) is 20.0. The molecule has 2 aromatic heterocycles. The van der Waals surface area contributed by atoms with E-state index in [1.54, 1.807) is 41.2 Å². The highest BCUT2D eigenvalue weighted by molar-refractivity contribution is 6.60. The molecule has 176 valence electrons. The van der Waals surface area contributed by atoms with Gasteiger partial charge in [0.1, 0.15) is 6.33 Å². The number of rotatable bonds is 7. The number of anilines is 3. The van der Waals surface area contributed by atoms with Gasteiger partial charge in [0.2, 0.25) is 5.91 Å². The average molecular weight is 478 g/mol. The molecule has 36 heavy (non-hydrogen) atoms. The normalized spacial score (nSPS) is 16.3. The fraction of sp³-hybridized carbons (Fsp3) is 0.364. The first kappa shape index (κ1) is 23.9. The van der Waals surface area contributed by atoms with Gasteiger partial charge >= 0.3 is 0 Å². The first-order valence-electron chi connectivity index (χ1n) is 11.3. The standard InChI is InChI=1S/C22H21B3N8O3/c1-32-11-26-18(31-32)12-4-3-5-13(17(12)36-2)27-14-10-15(33-9-8-21(6-7-21)20(33)35)29-30-16(14)19(34)28-22(23,24)25/h3-5,10-11H,6-9H2,1-2H3,(H,27,29)(H,28,34). The van der Waals surface area contributed by atoms with Gasteiger partial charge < -0.3 is 15.4 Å². The number of carbonyl (C=O) groups is 2. The van der Waals surface area contributed by atoms with Crippen molar-refractivity contribution in [2.75, 3.05) is 23.9 Å². The van der Waals surface area contributed by atoms with Crippen LogP contribution in [0.1, 0.15) is 29.8 Å². The van der Waals surface area contributed by atoms with E-state index in [9.17, 15) is 9.59 Å². The van der Waals surface area contributed by atoms with Crippen LogP contribution in [0.2, 0.25) is 0 Å². The molecule has 0 bridgehead atoms. The van der Waals surface area contributed by atoms with Crippen molar-refractivity contribution in [2.45, 2.75) is 24.5 Å². The van der Waals surface area contributed by atoms with Crippen LogP contribution in [0, 0.1) is 5.41 Å². The second-order valence-electron chi connectivity index (χ2n) is 9.09. The van der Waals surface area contributed by atoms with E-state index in [4.69, 9.17) is 28.3 Å². The Bertz CT molecular complexity index is 1350. The lowest BCUT2D eigenvalue weighted by Crippen LogP contribution is -2.50. The van der Waals surface area contributed by atoms with Gasteiger partial charge in [-0.2, -0.15) is 5.10 Å². The quantitative estimate of drug-likeness (QED) is 0.468. The molecule has 1 aliphatic heterocycles. The first-order chi connectivity index (χ1) is 17.1. The molecule has 2 aliphatic rings. The van der Waals surface area contributed by atoms with Crippen molar-refractivity contribution in [1.82, 2.24) is 30.3 Å². The average Bonchev–Trinajstić information content (AvgIpc) is 3.38. The third-order valence-corrected chi connectivity index (χ3v) is 6.30. The maximum atomic E-state index is 12.9. The summed E-state index contributed by atoms with van der Waals surface area (Å²) >= 11 is 0. The fourth-order valence-electron chi connectivity index (χ4n) is 4.33. The first-order valence-corrected chi connectivity index (χ1v) is 11.3. The highest BCUT2D eigenvalue weighted by Crippen LogP contribution is 2.54. The van der Waals surface area contributed by atoms with Crippen molar-refractivity contribution in [1.29, 1.82) is 0 Å². The number of nitrogens with zero attached hydrogens (tertiary/aromatic N) is 6. The number of nitrogens with one attached hydrogen (secondary N) is 2. The Kier molecular flexibility index (Phi) is 5.76. The second kappa shape index (κ2) is 8.68. The Labute approximate surface area is 211 Å². The third kappa shape index (κ3) is 4.43. The van der Waals surface area contributed by atoms with Crippen LogP contribution in [0.25, 0.3) is 11.4 Å². The summed E-state index contributed by atoms with van der Waals surface area (Å²) < 4.78 is 7.24. The Morgan fingerprint density at radius 2 is 1.94 bits per heavy atom. The molecule has 3 heterocycles. The smallest absolute Gasteiger partial charge is 0.272 e. The molecular formula is C22H21B3N8O3. The predicted octanol–water partition coefficient (Wildman–Crippen LogP) is 0.388. The number of hydrogen-bond donors (Lipinski definition) is 2. The van der Waals surface area contributed by atoms with Gasteiger partial charge in [-0.25, -0.2) is 4.98 Å². The van der Waals surface area contributed by atoms with Gasteiger partial charge in [-0.15, -0.1) is 10.2 Å². The SMILES string of the molecule is [B]C([B])([B])NC(=O)c1nnc(N2CCC3(CC3)C2=O)cc1Nc1cccc(-c2ncn(C)n2)c1OC. The van der Waals surface area contributed by atoms with Crippen molar-refractivity contribution in [3.63, 3.8) is 0 Å². The number of aromatic nitrogens is 5. The van der Waals surface area contributed by atoms with Gasteiger partial charge in [-0.1, -0.05) is 11.3 Å². The molecule has 2 amide bonds. The Morgan fingerprint density at radius 3 is 2.56 bits per heavy atom. The Hall–Kier alpha value is -3.83. The second-order valence-corrected chi connectivity index (χ2v) is 9.09. The number of aryl methyl sites for hydroxylation is 1. The molecule has 3 aromatic rings. The largest absolute Gasteiger partial charge is 0.494 e. The van der Waals surface area contributed by atoms with E-state index in [0.29, 0.717) is 35.2 Å². The summed E-state index contributed by atoms with van der Waals surface area (Å²) in [5.74, 6) is 0.487. The van der Waals surface area contributed by atoms with Crippen LogP contribution in [0.4, 0.5) is 17.2 Å². The molecule has 2 N–H and O–H groups in total. The molecule has 1 spiro atoms. The lowest BCUT2D eigenvalue weighted by molar-refractivity contribution is -0.121. The van der Waals surface area contributed by atoms with Gasteiger partial charge in [0.25, 0.3) is 5.91 Å². The zero-order valence-corrected chi connectivity index (χ0v) is 19.9. The fourth-order valence-corrected chi connectivity index (χ4v) is 4.33. The minimum atomic E-state index is -1.97. The summed E-state index contributed by atoms with van der Waals surface area (Å²) in [4.78, 5) is 31.7. The van der Waals surface area contributed by atoms with Crippen LogP contribution in [0.5, 0.6) is 5.75 Å². The van der Waals surface area contributed by atoms with Gasteiger partial charge in [0, 0.05) is 19.7 Å². The van der Waals surface area contributed by atoms with E-state index in [0.717, 1.165) is 19.3 Å². The molecule has 2 fully saturated rings. The number of carbonyl (C=O) groups excluding carboxylic acids is 2. The van der Waals surface area contributed by atoms with Crippen molar-refractivity contribution < 1.29 is 14.3 Å². The molecule has 1 aromatic carbocycles. The van der Waals surface area contributed by atoms with Gasteiger partial charge in [0.15, 0.2) is 23.1 Å². The molecule has 11 nitrogen and oxygen atoms in total. The number of amides is 2. The summed E-state index contributed by atoms with van der Waals surface area (Å²) in [5.41, 5.74) is 0.973. The predicted molar refractivity (Wildman–Crippen MR) is 134 cm³/mol. The number of methoxy groups -OCH3 is 1. The van der Waals surface area contributed by atoms with Crippen molar-refractivity contribution >= 4 is 52.5 Å². The van der Waals surface area contributed by atoms with Crippen molar-refractivity contribution in [2.24, 2.45) is 12.5 Å². The van der Waals surface area contributed by atoms with Crippen LogP contribution in [0.15, 0.2) is 30.6 Å². The van der Waals surface area contributed by atoms with Crippen LogP contribution < -0.4 is 20.3 Å². The lowest BCUT2D eigenvalue weighted by Gasteiger charge is -2.23. The van der Waals surface area contributed by atoms with Gasteiger partial charge in [-0.3, -0.25) is 19.2 Å². The van der Waals surface area contributed by atoms with Crippen LogP contribution in [-0.2, 0) is 11.8 Å². The van der Waals surface area contributed by atoms with Crippen molar-refractivity contribution in [3.05, 3.63) is 36.3 Å². The molecule has 1 saturated carbocycles. The monoisotopic (exact) mass is 478 g/mol. The summed E-state index contributed by atoms with van der Waals surface area (Å²) in [6.45, 7) is 0.528. The zero-order chi connectivity index (χ0) is 25.7. The lowest BCUT2D eigenvalue weighted by atomic mass is 9.49. The molecule has 0 atom stereocenters. The third-order valence-electron chi connectivity index (χ3n) is 6.30. The van der Waals surface area contributed by atoms with E-state index >= 15 is 0 Å². The molecule has 14 heteroatoms.